The van der Waals surface area contributed by atoms with Gasteiger partial charge in [-0.25, -0.2) is 9.67 Å². The molecule has 0 aromatic carbocycles. The Bertz CT molecular complexity index is 528. The van der Waals surface area contributed by atoms with Crippen molar-refractivity contribution in [2.75, 3.05) is 7.05 Å². The minimum Gasteiger partial charge on any atom is -0.316 e. The summed E-state index contributed by atoms with van der Waals surface area (Å²) in [5, 5.41) is 7.61. The molecule has 0 saturated heterocycles. The smallest absolute Gasteiger partial charge is 0.158 e. The van der Waals surface area contributed by atoms with Gasteiger partial charge in [0.25, 0.3) is 0 Å². The van der Waals surface area contributed by atoms with Crippen LogP contribution in [-0.4, -0.2) is 21.8 Å². The van der Waals surface area contributed by atoms with Crippen molar-refractivity contribution in [2.24, 2.45) is 0 Å². The highest BCUT2D eigenvalue weighted by Gasteiger charge is 2.10. The third-order valence-electron chi connectivity index (χ3n) is 2.75. The van der Waals surface area contributed by atoms with Gasteiger partial charge in [0, 0.05) is 24.0 Å². The predicted molar refractivity (Wildman–Crippen MR) is 68.3 cm³/mol. The lowest BCUT2D eigenvalue weighted by Gasteiger charge is -2.12. The third kappa shape index (κ3) is 2.36. The summed E-state index contributed by atoms with van der Waals surface area (Å²) in [6.45, 7) is 6.90. The molecule has 0 aliphatic rings. The molecule has 0 fully saturated rings. The summed E-state index contributed by atoms with van der Waals surface area (Å²) in [4.78, 5) is 4.60. The summed E-state index contributed by atoms with van der Waals surface area (Å²) in [5.74, 6) is 0.921. The Morgan fingerprint density at radius 2 is 2.00 bits per heavy atom. The zero-order chi connectivity index (χ0) is 12.4. The van der Waals surface area contributed by atoms with Crippen LogP contribution >= 0.6 is 0 Å². The molecule has 2 aromatic rings. The topological polar surface area (TPSA) is 42.7 Å². The van der Waals surface area contributed by atoms with E-state index in [2.05, 4.69) is 28.4 Å². The first-order valence-corrected chi connectivity index (χ1v) is 5.76. The van der Waals surface area contributed by atoms with Gasteiger partial charge in [-0.05, 0) is 45.5 Å². The van der Waals surface area contributed by atoms with Gasteiger partial charge in [-0.2, -0.15) is 5.10 Å². The number of hydrogen-bond acceptors (Lipinski definition) is 3. The third-order valence-corrected chi connectivity index (χ3v) is 2.75. The number of nitrogens with one attached hydrogen (secondary N) is 1. The lowest BCUT2D eigenvalue weighted by molar-refractivity contribution is 0.757. The van der Waals surface area contributed by atoms with E-state index in [1.165, 1.54) is 11.1 Å². The van der Waals surface area contributed by atoms with E-state index < -0.39 is 0 Å². The van der Waals surface area contributed by atoms with Crippen molar-refractivity contribution >= 4 is 0 Å². The Hall–Kier alpha value is -1.68. The highest BCUT2D eigenvalue weighted by molar-refractivity contribution is 5.40. The summed E-state index contributed by atoms with van der Waals surface area (Å²) < 4.78 is 1.85. The minimum absolute atomic E-state index is 0.799. The fraction of sp³-hybridized carbons (Fsp3) is 0.385. The fourth-order valence-corrected chi connectivity index (χ4v) is 1.96. The maximum Gasteiger partial charge on any atom is 0.158 e. The second-order valence-electron chi connectivity index (χ2n) is 4.31. The maximum absolute atomic E-state index is 4.60. The molecule has 1 N–H and O–H groups in total. The molecule has 90 valence electrons. The zero-order valence-electron chi connectivity index (χ0n) is 10.8. The van der Waals surface area contributed by atoms with Crippen LogP contribution in [0.3, 0.4) is 0 Å². The van der Waals surface area contributed by atoms with Gasteiger partial charge in [-0.15, -0.1) is 0 Å². The number of rotatable bonds is 3. The van der Waals surface area contributed by atoms with Gasteiger partial charge < -0.3 is 5.32 Å². The van der Waals surface area contributed by atoms with Crippen molar-refractivity contribution in [3.8, 4) is 5.82 Å². The lowest BCUT2D eigenvalue weighted by Crippen LogP contribution is -2.13. The van der Waals surface area contributed by atoms with Crippen LogP contribution in [0, 0.1) is 20.8 Å². The van der Waals surface area contributed by atoms with Crippen LogP contribution in [-0.2, 0) is 6.54 Å². The van der Waals surface area contributed by atoms with Crippen LogP contribution in [0.25, 0.3) is 5.82 Å². The van der Waals surface area contributed by atoms with Crippen LogP contribution in [0.2, 0.25) is 0 Å². The summed E-state index contributed by atoms with van der Waals surface area (Å²) in [5.41, 5.74) is 4.46. The van der Waals surface area contributed by atoms with E-state index in [-0.39, 0.29) is 0 Å². The number of hydrogen-bond donors (Lipinski definition) is 1. The van der Waals surface area contributed by atoms with Gasteiger partial charge in [0.15, 0.2) is 5.82 Å². The Kier molecular flexibility index (Phi) is 3.24. The average molecular weight is 230 g/mol. The van der Waals surface area contributed by atoms with Crippen LogP contribution in [0.1, 0.15) is 22.5 Å². The normalized spacial score (nSPS) is 10.8. The Morgan fingerprint density at radius 1 is 1.24 bits per heavy atom. The zero-order valence-corrected chi connectivity index (χ0v) is 10.8. The van der Waals surface area contributed by atoms with E-state index >= 15 is 0 Å². The summed E-state index contributed by atoms with van der Waals surface area (Å²) in [6, 6.07) is 4.09. The molecule has 0 bridgehead atoms. The lowest BCUT2D eigenvalue weighted by atomic mass is 10.1. The molecule has 0 aliphatic heterocycles. The molecule has 0 amide bonds. The van der Waals surface area contributed by atoms with Crippen molar-refractivity contribution in [3.05, 3.63) is 40.8 Å². The quantitative estimate of drug-likeness (QED) is 0.876. The Morgan fingerprint density at radius 3 is 2.59 bits per heavy atom. The molecule has 4 heteroatoms. The van der Waals surface area contributed by atoms with E-state index in [9.17, 15) is 0 Å². The minimum atomic E-state index is 0.799. The molecule has 17 heavy (non-hydrogen) atoms. The van der Waals surface area contributed by atoms with Crippen molar-refractivity contribution in [2.45, 2.75) is 27.3 Å². The summed E-state index contributed by atoms with van der Waals surface area (Å²) >= 11 is 0. The maximum atomic E-state index is 4.60. The molecular formula is C13H18N4. The van der Waals surface area contributed by atoms with E-state index in [4.69, 9.17) is 0 Å². The standard InChI is InChI=1S/C13H18N4/c1-9-7-11(3)15-13(12(9)8-14-4)17-6-5-10(2)16-17/h5-7,14H,8H2,1-4H3. The van der Waals surface area contributed by atoms with E-state index in [0.717, 1.165) is 23.8 Å². The predicted octanol–water partition coefficient (Wildman–Crippen LogP) is 1.91. The van der Waals surface area contributed by atoms with Gasteiger partial charge in [-0.1, -0.05) is 0 Å². The molecule has 0 unspecified atom stereocenters. The molecule has 0 radical (unpaired) electrons. The van der Waals surface area contributed by atoms with Gasteiger partial charge in [0.1, 0.15) is 0 Å². The van der Waals surface area contributed by atoms with E-state index in [0.29, 0.717) is 0 Å². The first-order valence-electron chi connectivity index (χ1n) is 5.76. The second-order valence-corrected chi connectivity index (χ2v) is 4.31. The molecule has 4 nitrogen and oxygen atoms in total. The van der Waals surface area contributed by atoms with Gasteiger partial charge in [-0.3, -0.25) is 0 Å². The molecule has 0 saturated carbocycles. The van der Waals surface area contributed by atoms with Gasteiger partial charge in [0.2, 0.25) is 0 Å². The van der Waals surface area contributed by atoms with E-state index in [1.807, 2.05) is 37.8 Å². The fourth-order valence-electron chi connectivity index (χ4n) is 1.96. The van der Waals surface area contributed by atoms with Crippen molar-refractivity contribution in [3.63, 3.8) is 0 Å². The molecule has 0 aliphatic carbocycles. The van der Waals surface area contributed by atoms with Gasteiger partial charge in [0.05, 0.1) is 5.69 Å². The number of pyridine rings is 1. The summed E-state index contributed by atoms with van der Waals surface area (Å²) in [6.07, 6.45) is 1.95. The molecule has 2 rings (SSSR count). The van der Waals surface area contributed by atoms with Crippen LogP contribution in [0.4, 0.5) is 0 Å². The number of aryl methyl sites for hydroxylation is 3. The first kappa shape index (κ1) is 11.8. The monoisotopic (exact) mass is 230 g/mol. The Balaban J connectivity index is 2.58. The van der Waals surface area contributed by atoms with Crippen LogP contribution in [0.15, 0.2) is 18.3 Å². The highest BCUT2D eigenvalue weighted by atomic mass is 15.3. The van der Waals surface area contributed by atoms with Crippen LogP contribution in [0.5, 0.6) is 0 Å². The largest absolute Gasteiger partial charge is 0.316 e. The van der Waals surface area contributed by atoms with E-state index in [1.54, 1.807) is 0 Å². The molecular weight excluding hydrogens is 212 g/mol. The second kappa shape index (κ2) is 4.67. The highest BCUT2D eigenvalue weighted by Crippen LogP contribution is 2.17. The summed E-state index contributed by atoms with van der Waals surface area (Å²) in [7, 11) is 1.94. The van der Waals surface area contributed by atoms with Crippen molar-refractivity contribution in [1.82, 2.24) is 20.1 Å². The number of aromatic nitrogens is 3. The molecule has 2 heterocycles. The first-order chi connectivity index (χ1) is 8.11. The van der Waals surface area contributed by atoms with Gasteiger partial charge >= 0.3 is 0 Å². The molecule has 2 aromatic heterocycles. The molecule has 0 atom stereocenters. The average Bonchev–Trinajstić information content (AvgIpc) is 2.68. The van der Waals surface area contributed by atoms with Crippen molar-refractivity contribution < 1.29 is 0 Å². The Labute approximate surface area is 102 Å². The SMILES string of the molecule is CNCc1c(C)cc(C)nc1-n1ccc(C)n1. The molecule has 0 spiro atoms. The van der Waals surface area contributed by atoms with Crippen molar-refractivity contribution in [1.29, 1.82) is 0 Å². The van der Waals surface area contributed by atoms with Crippen LogP contribution < -0.4 is 5.32 Å². The number of nitrogens with zero attached hydrogens (tertiary/aromatic N) is 3.